The summed E-state index contributed by atoms with van der Waals surface area (Å²) >= 11 is 0. The predicted octanol–water partition coefficient (Wildman–Crippen LogP) is 3.78. The van der Waals surface area contributed by atoms with Crippen LogP contribution in [0.1, 0.15) is 24.0 Å². The molecular formula is C21H26N2O4S. The number of urea groups is 1. The highest BCUT2D eigenvalue weighted by atomic mass is 32.2. The second-order valence-corrected chi connectivity index (χ2v) is 9.32. The SMILES string of the molecule is Cc1ccc(C)c(OC2CCN(C(=O)Nc3ccc(S(C)(=O)=O)cc3)CC2)c1. The molecule has 0 atom stereocenters. The van der Waals surface area contributed by atoms with Crippen molar-refractivity contribution in [2.75, 3.05) is 24.7 Å². The van der Waals surface area contributed by atoms with Crippen LogP contribution in [-0.2, 0) is 9.84 Å². The Bertz CT molecular complexity index is 947. The van der Waals surface area contributed by atoms with Gasteiger partial charge < -0.3 is 15.0 Å². The van der Waals surface area contributed by atoms with E-state index in [-0.39, 0.29) is 17.0 Å². The summed E-state index contributed by atoms with van der Waals surface area (Å²) in [5, 5.41) is 2.82. The standard InChI is InChI=1S/C21H26N2O4S/c1-15-4-5-16(2)20(14-15)27-18-10-12-23(13-11-18)21(24)22-17-6-8-19(9-7-17)28(3,25)26/h4-9,14,18H,10-13H2,1-3H3,(H,22,24). The van der Waals surface area contributed by atoms with Gasteiger partial charge in [0.25, 0.3) is 0 Å². The Kier molecular flexibility index (Phi) is 5.93. The van der Waals surface area contributed by atoms with Crippen LogP contribution >= 0.6 is 0 Å². The Morgan fingerprint density at radius 1 is 1.07 bits per heavy atom. The molecule has 1 N–H and O–H groups in total. The van der Waals surface area contributed by atoms with Crippen LogP contribution in [0, 0.1) is 13.8 Å². The van der Waals surface area contributed by atoms with Gasteiger partial charge in [-0.25, -0.2) is 13.2 Å². The number of anilines is 1. The molecule has 7 heteroatoms. The van der Waals surface area contributed by atoms with E-state index in [9.17, 15) is 13.2 Å². The molecule has 6 nitrogen and oxygen atoms in total. The summed E-state index contributed by atoms with van der Waals surface area (Å²) in [6, 6.07) is 12.2. The van der Waals surface area contributed by atoms with Gasteiger partial charge in [-0.2, -0.15) is 0 Å². The summed E-state index contributed by atoms with van der Waals surface area (Å²) in [7, 11) is -3.24. The second kappa shape index (κ2) is 8.22. The van der Waals surface area contributed by atoms with Gasteiger partial charge in [-0.3, -0.25) is 0 Å². The van der Waals surface area contributed by atoms with Crippen LogP contribution < -0.4 is 10.1 Å². The topological polar surface area (TPSA) is 75.7 Å². The van der Waals surface area contributed by atoms with Gasteiger partial charge in [-0.1, -0.05) is 12.1 Å². The third-order valence-electron chi connectivity index (χ3n) is 4.90. The molecule has 2 amide bonds. The van der Waals surface area contributed by atoms with E-state index in [4.69, 9.17) is 4.74 Å². The molecule has 0 radical (unpaired) electrons. The van der Waals surface area contributed by atoms with Gasteiger partial charge in [0.15, 0.2) is 9.84 Å². The predicted molar refractivity (Wildman–Crippen MR) is 110 cm³/mol. The molecule has 0 unspecified atom stereocenters. The molecule has 1 fully saturated rings. The summed E-state index contributed by atoms with van der Waals surface area (Å²) in [5.74, 6) is 0.911. The number of amides is 2. The molecule has 1 heterocycles. The minimum atomic E-state index is -3.24. The molecule has 0 spiro atoms. The van der Waals surface area contributed by atoms with Crippen molar-refractivity contribution in [3.63, 3.8) is 0 Å². The quantitative estimate of drug-likeness (QED) is 0.844. The maximum atomic E-state index is 12.5. The zero-order valence-corrected chi connectivity index (χ0v) is 17.3. The molecule has 1 saturated heterocycles. The van der Waals surface area contributed by atoms with Crippen molar-refractivity contribution in [1.29, 1.82) is 0 Å². The number of likely N-dealkylation sites (tertiary alicyclic amines) is 1. The number of hydrogen-bond acceptors (Lipinski definition) is 4. The molecule has 2 aromatic carbocycles. The number of rotatable bonds is 4. The van der Waals surface area contributed by atoms with Gasteiger partial charge in [0, 0.05) is 37.9 Å². The fourth-order valence-corrected chi connectivity index (χ4v) is 3.81. The van der Waals surface area contributed by atoms with E-state index in [0.29, 0.717) is 18.8 Å². The summed E-state index contributed by atoms with van der Waals surface area (Å²) in [6.07, 6.45) is 2.80. The smallest absolute Gasteiger partial charge is 0.321 e. The normalized spacial score (nSPS) is 15.3. The summed E-state index contributed by atoms with van der Waals surface area (Å²) in [6.45, 7) is 5.31. The number of ether oxygens (including phenoxy) is 1. The van der Waals surface area contributed by atoms with Crippen LogP contribution in [0.5, 0.6) is 5.75 Å². The van der Waals surface area contributed by atoms with Gasteiger partial charge >= 0.3 is 6.03 Å². The highest BCUT2D eigenvalue weighted by Gasteiger charge is 2.24. The molecular weight excluding hydrogens is 376 g/mol. The molecule has 150 valence electrons. The molecule has 0 bridgehead atoms. The summed E-state index contributed by atoms with van der Waals surface area (Å²) < 4.78 is 29.2. The van der Waals surface area contributed by atoms with Crippen molar-refractivity contribution in [2.24, 2.45) is 0 Å². The van der Waals surface area contributed by atoms with Gasteiger partial charge in [-0.05, 0) is 55.3 Å². The Morgan fingerprint density at radius 3 is 2.32 bits per heavy atom. The third-order valence-corrected chi connectivity index (χ3v) is 6.03. The van der Waals surface area contributed by atoms with Crippen molar-refractivity contribution in [3.8, 4) is 5.75 Å². The maximum Gasteiger partial charge on any atom is 0.321 e. The van der Waals surface area contributed by atoms with Crippen LogP contribution in [0.4, 0.5) is 10.5 Å². The Hall–Kier alpha value is -2.54. The first-order valence-corrected chi connectivity index (χ1v) is 11.2. The van der Waals surface area contributed by atoms with Crippen molar-refractivity contribution >= 4 is 21.6 Å². The van der Waals surface area contributed by atoms with E-state index in [1.807, 2.05) is 13.8 Å². The first kappa shape index (κ1) is 20.2. The van der Waals surface area contributed by atoms with Crippen LogP contribution in [0.3, 0.4) is 0 Å². The fraction of sp³-hybridized carbons (Fsp3) is 0.381. The van der Waals surface area contributed by atoms with Crippen LogP contribution in [0.15, 0.2) is 47.4 Å². The molecule has 28 heavy (non-hydrogen) atoms. The summed E-state index contributed by atoms with van der Waals surface area (Å²) in [5.41, 5.74) is 2.86. The Balaban J connectivity index is 1.53. The van der Waals surface area contributed by atoms with E-state index >= 15 is 0 Å². The van der Waals surface area contributed by atoms with Crippen LogP contribution in [0.2, 0.25) is 0 Å². The highest BCUT2D eigenvalue weighted by Crippen LogP contribution is 2.24. The van der Waals surface area contributed by atoms with Crippen molar-refractivity contribution in [1.82, 2.24) is 4.90 Å². The molecule has 2 aromatic rings. The third kappa shape index (κ3) is 5.04. The van der Waals surface area contributed by atoms with Gasteiger partial charge in [0.1, 0.15) is 11.9 Å². The second-order valence-electron chi connectivity index (χ2n) is 7.30. The lowest BCUT2D eigenvalue weighted by Gasteiger charge is -2.32. The first-order valence-electron chi connectivity index (χ1n) is 9.32. The van der Waals surface area contributed by atoms with Gasteiger partial charge in [-0.15, -0.1) is 0 Å². The van der Waals surface area contributed by atoms with E-state index in [0.717, 1.165) is 30.4 Å². The largest absolute Gasteiger partial charge is 0.490 e. The monoisotopic (exact) mass is 402 g/mol. The summed E-state index contributed by atoms with van der Waals surface area (Å²) in [4.78, 5) is 14.5. The zero-order valence-electron chi connectivity index (χ0n) is 16.4. The average molecular weight is 403 g/mol. The number of aryl methyl sites for hydroxylation is 2. The lowest BCUT2D eigenvalue weighted by molar-refractivity contribution is 0.115. The number of nitrogens with zero attached hydrogens (tertiary/aromatic N) is 1. The molecule has 1 aliphatic heterocycles. The minimum absolute atomic E-state index is 0.0959. The average Bonchev–Trinajstić information content (AvgIpc) is 2.65. The maximum absolute atomic E-state index is 12.5. The number of nitrogens with one attached hydrogen (secondary N) is 1. The molecule has 0 saturated carbocycles. The van der Waals surface area contributed by atoms with Crippen molar-refractivity contribution < 1.29 is 17.9 Å². The van der Waals surface area contributed by atoms with Gasteiger partial charge in [0.2, 0.25) is 0 Å². The Labute approximate surface area is 166 Å². The van der Waals surface area contributed by atoms with E-state index in [1.165, 1.54) is 17.7 Å². The van der Waals surface area contributed by atoms with Crippen molar-refractivity contribution in [3.05, 3.63) is 53.6 Å². The minimum Gasteiger partial charge on any atom is -0.490 e. The molecule has 0 aromatic heterocycles. The lowest BCUT2D eigenvalue weighted by Crippen LogP contribution is -2.43. The number of sulfone groups is 1. The first-order chi connectivity index (χ1) is 13.2. The zero-order chi connectivity index (χ0) is 20.3. The Morgan fingerprint density at radius 2 is 1.71 bits per heavy atom. The number of carbonyl (C=O) groups excluding carboxylic acids is 1. The van der Waals surface area contributed by atoms with Crippen LogP contribution in [-0.4, -0.2) is 44.8 Å². The van der Waals surface area contributed by atoms with E-state index in [1.54, 1.807) is 17.0 Å². The van der Waals surface area contributed by atoms with Crippen LogP contribution in [0.25, 0.3) is 0 Å². The number of benzene rings is 2. The molecule has 3 rings (SSSR count). The highest BCUT2D eigenvalue weighted by molar-refractivity contribution is 7.90. The number of carbonyl (C=O) groups is 1. The molecule has 1 aliphatic rings. The van der Waals surface area contributed by atoms with Gasteiger partial charge in [0.05, 0.1) is 4.90 Å². The lowest BCUT2D eigenvalue weighted by atomic mass is 10.1. The fourth-order valence-electron chi connectivity index (χ4n) is 3.18. The van der Waals surface area contributed by atoms with E-state index in [2.05, 4.69) is 23.5 Å². The van der Waals surface area contributed by atoms with E-state index < -0.39 is 9.84 Å². The number of piperidine rings is 1. The van der Waals surface area contributed by atoms with Crippen molar-refractivity contribution in [2.45, 2.75) is 37.7 Å². The molecule has 0 aliphatic carbocycles. The number of hydrogen-bond donors (Lipinski definition) is 1.